The van der Waals surface area contributed by atoms with Gasteiger partial charge in [-0.2, -0.15) is 0 Å². The third-order valence-electron chi connectivity index (χ3n) is 3.74. The number of hydrogen-bond donors (Lipinski definition) is 1. The lowest BCUT2D eigenvalue weighted by atomic mass is 9.95. The monoisotopic (exact) mass is 305 g/mol. The van der Waals surface area contributed by atoms with Crippen LogP contribution in [0.4, 0.5) is 4.39 Å². The van der Waals surface area contributed by atoms with E-state index in [2.05, 4.69) is 11.4 Å². The van der Waals surface area contributed by atoms with Gasteiger partial charge in [-0.1, -0.05) is 42.8 Å². The predicted octanol–water partition coefficient (Wildman–Crippen LogP) is 4.11. The van der Waals surface area contributed by atoms with Gasteiger partial charge in [0.15, 0.2) is 0 Å². The van der Waals surface area contributed by atoms with Crippen LogP contribution >= 0.6 is 11.6 Å². The second-order valence-corrected chi connectivity index (χ2v) is 5.51. The number of halogens is 2. The summed E-state index contributed by atoms with van der Waals surface area (Å²) in [5.74, 6) is 0.532. The van der Waals surface area contributed by atoms with Crippen molar-refractivity contribution in [2.24, 2.45) is 0 Å². The molecule has 1 atom stereocenters. The van der Waals surface area contributed by atoms with Crippen LogP contribution in [0.1, 0.15) is 29.7 Å². The lowest BCUT2D eigenvalue weighted by Gasteiger charge is -2.21. The van der Waals surface area contributed by atoms with Gasteiger partial charge >= 0.3 is 0 Å². The van der Waals surface area contributed by atoms with E-state index in [1.54, 1.807) is 6.07 Å². The minimum Gasteiger partial charge on any atom is -0.493 e. The van der Waals surface area contributed by atoms with Crippen molar-refractivity contribution >= 4 is 11.6 Å². The third-order valence-corrected chi connectivity index (χ3v) is 4.05. The zero-order chi connectivity index (χ0) is 14.8. The number of rotatable bonds is 4. The first-order valence-electron chi connectivity index (χ1n) is 7.13. The first-order chi connectivity index (χ1) is 10.2. The van der Waals surface area contributed by atoms with E-state index in [1.165, 1.54) is 11.6 Å². The molecular formula is C17H17ClFNO. The van der Waals surface area contributed by atoms with Gasteiger partial charge < -0.3 is 10.1 Å². The molecular weight excluding hydrogens is 289 g/mol. The summed E-state index contributed by atoms with van der Waals surface area (Å²) in [6, 6.07) is 11.0. The van der Waals surface area contributed by atoms with E-state index in [1.807, 2.05) is 25.1 Å². The number of ether oxygens (including phenoxy) is 1. The van der Waals surface area contributed by atoms with E-state index in [4.69, 9.17) is 16.3 Å². The minimum atomic E-state index is -0.398. The summed E-state index contributed by atoms with van der Waals surface area (Å²) in [5, 5.41) is 3.54. The predicted molar refractivity (Wildman–Crippen MR) is 82.6 cm³/mol. The molecule has 0 radical (unpaired) electrons. The number of benzene rings is 2. The molecule has 1 aliphatic rings. The molecule has 0 saturated heterocycles. The molecule has 0 aliphatic carbocycles. The highest BCUT2D eigenvalue weighted by molar-refractivity contribution is 6.30. The molecule has 0 fully saturated rings. The van der Waals surface area contributed by atoms with Crippen molar-refractivity contribution in [1.82, 2.24) is 5.32 Å². The maximum Gasteiger partial charge on any atom is 0.142 e. The molecule has 2 aromatic rings. The van der Waals surface area contributed by atoms with Crippen LogP contribution in [0.25, 0.3) is 0 Å². The van der Waals surface area contributed by atoms with Crippen LogP contribution in [0.2, 0.25) is 5.02 Å². The third kappa shape index (κ3) is 2.76. The van der Waals surface area contributed by atoms with Gasteiger partial charge in [0.05, 0.1) is 17.7 Å². The molecule has 0 amide bonds. The van der Waals surface area contributed by atoms with Crippen molar-refractivity contribution in [2.45, 2.75) is 19.4 Å². The van der Waals surface area contributed by atoms with Gasteiger partial charge in [0.2, 0.25) is 0 Å². The Balaban J connectivity index is 2.06. The standard InChI is InChI=1S/C17H17ClFNO/c1-2-20-16(12-6-7-14(18)15(19)10-12)13-5-3-4-11-8-9-21-17(11)13/h3-7,10,16,20H,2,8-9H2,1H3. The maximum atomic E-state index is 13.8. The fourth-order valence-electron chi connectivity index (χ4n) is 2.77. The van der Waals surface area contributed by atoms with E-state index in [0.29, 0.717) is 6.61 Å². The minimum absolute atomic E-state index is 0.102. The molecule has 2 aromatic carbocycles. The molecule has 1 N–H and O–H groups in total. The SMILES string of the molecule is CCNC(c1ccc(Cl)c(F)c1)c1cccc2c1OCC2. The highest BCUT2D eigenvalue weighted by Crippen LogP contribution is 2.36. The Hall–Kier alpha value is -1.58. The molecule has 2 nitrogen and oxygen atoms in total. The van der Waals surface area contributed by atoms with Gasteiger partial charge in [0.25, 0.3) is 0 Å². The Bertz CT molecular complexity index is 659. The molecule has 0 spiro atoms. The van der Waals surface area contributed by atoms with Crippen LogP contribution in [0.3, 0.4) is 0 Å². The van der Waals surface area contributed by atoms with E-state index >= 15 is 0 Å². The van der Waals surface area contributed by atoms with Crippen molar-refractivity contribution in [3.8, 4) is 5.75 Å². The van der Waals surface area contributed by atoms with E-state index in [0.717, 1.165) is 29.8 Å². The summed E-state index contributed by atoms with van der Waals surface area (Å²) in [6.07, 6.45) is 0.928. The highest BCUT2D eigenvalue weighted by atomic mass is 35.5. The highest BCUT2D eigenvalue weighted by Gasteiger charge is 2.23. The Morgan fingerprint density at radius 3 is 2.95 bits per heavy atom. The summed E-state index contributed by atoms with van der Waals surface area (Å²) < 4.78 is 19.6. The van der Waals surface area contributed by atoms with E-state index in [-0.39, 0.29) is 11.1 Å². The van der Waals surface area contributed by atoms with Gasteiger partial charge in [-0.3, -0.25) is 0 Å². The lowest BCUT2D eigenvalue weighted by molar-refractivity contribution is 0.350. The Kier molecular flexibility index (Phi) is 4.13. The molecule has 3 rings (SSSR count). The second kappa shape index (κ2) is 6.04. The second-order valence-electron chi connectivity index (χ2n) is 5.10. The normalized spacial score (nSPS) is 14.6. The van der Waals surface area contributed by atoms with Crippen molar-refractivity contribution < 1.29 is 9.13 Å². The molecule has 1 heterocycles. The first-order valence-corrected chi connectivity index (χ1v) is 7.51. The van der Waals surface area contributed by atoms with Gasteiger partial charge in [-0.05, 0) is 29.8 Å². The van der Waals surface area contributed by atoms with Crippen LogP contribution in [0.15, 0.2) is 36.4 Å². The van der Waals surface area contributed by atoms with Gasteiger partial charge in [-0.15, -0.1) is 0 Å². The summed E-state index contributed by atoms with van der Waals surface area (Å²) in [6.45, 7) is 3.52. The van der Waals surface area contributed by atoms with Crippen LogP contribution in [0, 0.1) is 5.82 Å². The quantitative estimate of drug-likeness (QED) is 0.917. The lowest BCUT2D eigenvalue weighted by Crippen LogP contribution is -2.22. The molecule has 0 bridgehead atoms. The van der Waals surface area contributed by atoms with Gasteiger partial charge in [0.1, 0.15) is 11.6 Å². The van der Waals surface area contributed by atoms with Gasteiger partial charge in [-0.25, -0.2) is 4.39 Å². The largest absolute Gasteiger partial charge is 0.493 e. The van der Waals surface area contributed by atoms with Crippen LogP contribution < -0.4 is 10.1 Å². The van der Waals surface area contributed by atoms with Crippen molar-refractivity contribution in [2.75, 3.05) is 13.2 Å². The Labute approximate surface area is 128 Å². The Morgan fingerprint density at radius 1 is 1.33 bits per heavy atom. The van der Waals surface area contributed by atoms with Crippen molar-refractivity contribution in [3.63, 3.8) is 0 Å². The molecule has 1 aliphatic heterocycles. The summed E-state index contributed by atoms with van der Waals surface area (Å²) in [4.78, 5) is 0. The first kappa shape index (κ1) is 14.4. The maximum absolute atomic E-state index is 13.8. The van der Waals surface area contributed by atoms with Crippen LogP contribution in [-0.2, 0) is 6.42 Å². The number of para-hydroxylation sites is 1. The van der Waals surface area contributed by atoms with Crippen LogP contribution in [-0.4, -0.2) is 13.2 Å². The number of hydrogen-bond acceptors (Lipinski definition) is 2. The average molecular weight is 306 g/mol. The summed E-state index contributed by atoms with van der Waals surface area (Å²) in [5.41, 5.74) is 3.11. The zero-order valence-corrected chi connectivity index (χ0v) is 12.6. The van der Waals surface area contributed by atoms with E-state index < -0.39 is 5.82 Å². The molecule has 0 saturated carbocycles. The zero-order valence-electron chi connectivity index (χ0n) is 11.8. The fourth-order valence-corrected chi connectivity index (χ4v) is 2.89. The van der Waals surface area contributed by atoms with Crippen molar-refractivity contribution in [3.05, 3.63) is 63.9 Å². The molecule has 110 valence electrons. The molecule has 1 unspecified atom stereocenters. The number of nitrogens with one attached hydrogen (secondary N) is 1. The molecule has 0 aromatic heterocycles. The van der Waals surface area contributed by atoms with E-state index in [9.17, 15) is 4.39 Å². The Morgan fingerprint density at radius 2 is 2.19 bits per heavy atom. The summed E-state index contributed by atoms with van der Waals surface area (Å²) in [7, 11) is 0. The topological polar surface area (TPSA) is 21.3 Å². The molecule has 4 heteroatoms. The summed E-state index contributed by atoms with van der Waals surface area (Å²) >= 11 is 5.78. The number of fused-ring (bicyclic) bond motifs is 1. The van der Waals surface area contributed by atoms with Crippen molar-refractivity contribution in [1.29, 1.82) is 0 Å². The van der Waals surface area contributed by atoms with Gasteiger partial charge in [0, 0.05) is 12.0 Å². The van der Waals surface area contributed by atoms with Crippen LogP contribution in [0.5, 0.6) is 5.75 Å². The average Bonchev–Trinajstić information content (AvgIpc) is 2.96. The smallest absolute Gasteiger partial charge is 0.142 e. The fraction of sp³-hybridized carbons (Fsp3) is 0.294. The molecule has 21 heavy (non-hydrogen) atoms.